The van der Waals surface area contributed by atoms with Crippen molar-refractivity contribution in [2.45, 2.75) is 270 Å². The first-order valence-corrected chi connectivity index (χ1v) is 36.8. The van der Waals surface area contributed by atoms with Crippen LogP contribution in [0, 0.1) is 0 Å². The van der Waals surface area contributed by atoms with Crippen LogP contribution in [0.4, 0.5) is 0 Å². The highest BCUT2D eigenvalue weighted by atomic mass is 31.2. The maximum atomic E-state index is 12.9. The summed E-state index contributed by atoms with van der Waals surface area (Å²) in [4.78, 5) is 58.3. The summed E-state index contributed by atoms with van der Waals surface area (Å²) < 4.78 is 60.8. The van der Waals surface area contributed by atoms with Gasteiger partial charge in [-0.3, -0.25) is 32.5 Å². The minimum absolute atomic E-state index is 0.0578. The molecule has 0 aromatic heterocycles. The minimum atomic E-state index is -4.93. The van der Waals surface area contributed by atoms with Crippen LogP contribution >= 0.6 is 15.6 Å². The highest BCUT2D eigenvalue weighted by Crippen LogP contribution is 2.45. The highest BCUT2D eigenvalue weighted by molar-refractivity contribution is 7.47. The summed E-state index contributed by atoms with van der Waals surface area (Å²) in [7, 11) is -9.80. The van der Waals surface area contributed by atoms with Gasteiger partial charge in [0, 0.05) is 19.3 Å². The van der Waals surface area contributed by atoms with Crippen molar-refractivity contribution in [2.75, 3.05) is 39.6 Å². The molecule has 5 unspecified atom stereocenters. The summed E-state index contributed by atoms with van der Waals surface area (Å²) in [5.74, 6) is -1.67. The van der Waals surface area contributed by atoms with Crippen LogP contribution in [-0.2, 0) is 55.8 Å². The molecule has 510 valence electrons. The van der Waals surface area contributed by atoms with Crippen molar-refractivity contribution in [1.29, 1.82) is 0 Å². The quantitative estimate of drug-likeness (QED) is 0.0146. The zero-order chi connectivity index (χ0) is 65.3. The molecule has 16 nitrogen and oxygen atoms in total. The number of esters is 3. The molecule has 0 aromatic carbocycles. The Morgan fingerprint density at radius 2 is 0.618 bits per heavy atom. The molecule has 4 N–H and O–H groups in total. The molecule has 0 saturated heterocycles. The lowest BCUT2D eigenvalue weighted by molar-refractivity contribution is -0.161. The zero-order valence-electron chi connectivity index (χ0n) is 55.1. The predicted molar refractivity (Wildman–Crippen MR) is 362 cm³/mol. The van der Waals surface area contributed by atoms with Crippen molar-refractivity contribution < 1.29 is 75.8 Å². The number of phosphoric ester groups is 2. The fourth-order valence-electron chi connectivity index (χ4n) is 8.59. The van der Waals surface area contributed by atoms with Crippen molar-refractivity contribution in [2.24, 2.45) is 0 Å². The Morgan fingerprint density at radius 1 is 0.326 bits per heavy atom. The lowest BCUT2D eigenvalue weighted by Crippen LogP contribution is -2.30. The molecule has 0 rings (SSSR count). The molecule has 0 aliphatic carbocycles. The Balaban J connectivity index is 4.76. The van der Waals surface area contributed by atoms with Crippen molar-refractivity contribution in [1.82, 2.24) is 0 Å². The average molecular weight is 1290 g/mol. The van der Waals surface area contributed by atoms with Gasteiger partial charge in [-0.15, -0.1) is 0 Å². The SMILES string of the molecule is CC/C=C\C/C=C\C/C=C\C/C=C\C/C=C\C/C=C\CCC(=O)OCC(O)COP(=O)(O)OCC(O)COP(=O)(O)OCC(COC(=O)CCCCCCCC/C=C\C/C=C\C/C=C\C/C=C\CC)OC(=O)CCCCCCCCCCCCCCCCC. The maximum absolute atomic E-state index is 12.9. The molecule has 0 heterocycles. The Hall–Kier alpha value is -4.05. The van der Waals surface area contributed by atoms with E-state index in [9.17, 15) is 43.5 Å². The molecule has 0 fully saturated rings. The van der Waals surface area contributed by atoms with Crippen molar-refractivity contribution in [3.63, 3.8) is 0 Å². The third-order valence-electron chi connectivity index (χ3n) is 13.7. The third-order valence-corrected chi connectivity index (χ3v) is 15.6. The largest absolute Gasteiger partial charge is 0.472 e. The Labute approximate surface area is 538 Å². The van der Waals surface area contributed by atoms with Gasteiger partial charge in [-0.2, -0.15) is 0 Å². The fourth-order valence-corrected chi connectivity index (χ4v) is 10.2. The first-order valence-electron chi connectivity index (χ1n) is 33.8. The predicted octanol–water partition coefficient (Wildman–Crippen LogP) is 18.6. The second-order valence-electron chi connectivity index (χ2n) is 22.2. The third kappa shape index (κ3) is 65.3. The number of ether oxygens (including phenoxy) is 3. The van der Waals surface area contributed by atoms with Crippen LogP contribution < -0.4 is 0 Å². The molecule has 0 bridgehead atoms. The first-order chi connectivity index (χ1) is 43.2. The summed E-state index contributed by atoms with van der Waals surface area (Å²) in [6, 6.07) is 0. The van der Waals surface area contributed by atoms with Crippen molar-refractivity contribution in [3.8, 4) is 0 Å². The molecule has 0 amide bonds. The average Bonchev–Trinajstić information content (AvgIpc) is 3.54. The van der Waals surface area contributed by atoms with Gasteiger partial charge < -0.3 is 34.2 Å². The number of aliphatic hydroxyl groups excluding tert-OH is 2. The van der Waals surface area contributed by atoms with Gasteiger partial charge in [0.15, 0.2) is 6.10 Å². The van der Waals surface area contributed by atoms with Crippen LogP contribution in [0.5, 0.6) is 0 Å². The number of hydrogen-bond acceptors (Lipinski definition) is 14. The zero-order valence-corrected chi connectivity index (χ0v) is 56.8. The number of phosphoric acid groups is 2. The standard InChI is InChI=1S/C71H120O16P2/c1-4-7-10-13-16-19-22-25-28-30-32-34-37-39-42-45-48-51-54-57-69(74)81-60-66(72)61-83-88(77,78)84-62-67(73)63-85-89(79,80)86-65-68(87-71(76)59-56-53-50-47-44-41-36-27-24-21-18-15-12-9-6-3)64-82-70(75)58-55-52-49-46-43-40-38-35-33-31-29-26-23-20-17-14-11-8-5-2/h7-8,10-11,16-17,19-20,25-26,28-29,32-35,39,42,48,51,66-68,72-73H,4-6,9,12-15,18,21-24,27,30-31,36-38,40-41,43-47,49-50,52-65H2,1-3H3,(H,77,78)(H,79,80)/b10-7-,11-8-,19-16-,20-17-,28-25-,29-26-,34-32-,35-33-,42-39-,51-48-. The van der Waals surface area contributed by atoms with E-state index in [-0.39, 0.29) is 19.3 Å². The molecule has 0 saturated carbocycles. The van der Waals surface area contributed by atoms with E-state index in [4.69, 9.17) is 32.3 Å². The number of unbranched alkanes of at least 4 members (excludes halogenated alkanes) is 20. The number of carbonyl (C=O) groups excluding carboxylic acids is 3. The molecule has 89 heavy (non-hydrogen) atoms. The summed E-state index contributed by atoms with van der Waals surface area (Å²) in [6.07, 6.45) is 72.6. The van der Waals surface area contributed by atoms with Crippen LogP contribution in [0.15, 0.2) is 122 Å². The van der Waals surface area contributed by atoms with E-state index in [0.29, 0.717) is 25.7 Å². The van der Waals surface area contributed by atoms with Crippen molar-refractivity contribution >= 4 is 33.6 Å². The fraction of sp³-hybridized carbons (Fsp3) is 0.676. The van der Waals surface area contributed by atoms with Crippen LogP contribution in [0.25, 0.3) is 0 Å². The molecule has 0 aliphatic rings. The number of carbonyl (C=O) groups is 3. The van der Waals surface area contributed by atoms with Gasteiger partial charge in [0.25, 0.3) is 0 Å². The van der Waals surface area contributed by atoms with Gasteiger partial charge in [0.05, 0.1) is 26.4 Å². The number of allylic oxidation sites excluding steroid dienone is 20. The second-order valence-corrected chi connectivity index (χ2v) is 25.1. The van der Waals surface area contributed by atoms with Crippen LogP contribution in [0.2, 0.25) is 0 Å². The topological polar surface area (TPSA) is 231 Å². The van der Waals surface area contributed by atoms with Gasteiger partial charge >= 0.3 is 33.6 Å². The molecular formula is C71H120O16P2. The van der Waals surface area contributed by atoms with E-state index in [2.05, 4.69) is 124 Å². The summed E-state index contributed by atoms with van der Waals surface area (Å²) in [6.45, 7) is 2.34. The molecule has 0 aromatic rings. The normalized spacial score (nSPS) is 15.0. The molecule has 0 radical (unpaired) electrons. The van der Waals surface area contributed by atoms with Gasteiger partial charge in [-0.1, -0.05) is 258 Å². The van der Waals surface area contributed by atoms with E-state index < -0.39 is 91.5 Å². The van der Waals surface area contributed by atoms with Gasteiger partial charge in [0.1, 0.15) is 25.4 Å². The van der Waals surface area contributed by atoms with Crippen molar-refractivity contribution in [3.05, 3.63) is 122 Å². The lowest BCUT2D eigenvalue weighted by atomic mass is 10.0. The summed E-state index contributed by atoms with van der Waals surface area (Å²) >= 11 is 0. The van der Waals surface area contributed by atoms with E-state index in [0.717, 1.165) is 122 Å². The molecule has 0 aliphatic heterocycles. The van der Waals surface area contributed by atoms with E-state index in [1.807, 2.05) is 18.2 Å². The number of rotatable bonds is 63. The Bertz CT molecular complexity index is 2110. The Morgan fingerprint density at radius 3 is 1.01 bits per heavy atom. The van der Waals surface area contributed by atoms with E-state index >= 15 is 0 Å². The first kappa shape index (κ1) is 85.0. The van der Waals surface area contributed by atoms with Crippen LogP contribution in [0.3, 0.4) is 0 Å². The van der Waals surface area contributed by atoms with E-state index in [1.165, 1.54) is 64.2 Å². The van der Waals surface area contributed by atoms with Crippen LogP contribution in [0.1, 0.15) is 252 Å². The smallest absolute Gasteiger partial charge is 0.463 e. The van der Waals surface area contributed by atoms with E-state index in [1.54, 1.807) is 0 Å². The summed E-state index contributed by atoms with van der Waals surface area (Å²) in [5, 5.41) is 20.5. The highest BCUT2D eigenvalue weighted by Gasteiger charge is 2.29. The monoisotopic (exact) mass is 1290 g/mol. The van der Waals surface area contributed by atoms with Crippen LogP contribution in [-0.4, -0.2) is 95.9 Å². The molecule has 5 atom stereocenters. The molecular weight excluding hydrogens is 1170 g/mol. The summed E-state index contributed by atoms with van der Waals surface area (Å²) in [5.41, 5.74) is 0. The van der Waals surface area contributed by atoms with Gasteiger partial charge in [-0.25, -0.2) is 9.13 Å². The molecule has 18 heteroatoms. The second kappa shape index (κ2) is 64.1. The van der Waals surface area contributed by atoms with Gasteiger partial charge in [-0.05, 0) is 96.3 Å². The van der Waals surface area contributed by atoms with Gasteiger partial charge in [0.2, 0.25) is 0 Å². The number of aliphatic hydroxyl groups is 2. The molecule has 0 spiro atoms. The lowest BCUT2D eigenvalue weighted by Gasteiger charge is -2.21. The minimum Gasteiger partial charge on any atom is -0.463 e. The maximum Gasteiger partial charge on any atom is 0.472 e. The number of hydrogen-bond donors (Lipinski definition) is 4. The Kier molecular flexibility index (Phi) is 61.2.